The highest BCUT2D eigenvalue weighted by Crippen LogP contribution is 2.27. The highest BCUT2D eigenvalue weighted by Gasteiger charge is 2.23. The van der Waals surface area contributed by atoms with Gasteiger partial charge in [-0.1, -0.05) is 36.7 Å². The SMILES string of the molecule is CCCN(C)S(=O)(=O)c1cc(CNC(C)C)cc(Br)c1C. The Hall–Kier alpha value is -0.430. The Kier molecular flexibility index (Phi) is 6.84. The van der Waals surface area contributed by atoms with E-state index in [4.69, 9.17) is 0 Å². The first-order valence-corrected chi connectivity index (χ1v) is 9.42. The van der Waals surface area contributed by atoms with Gasteiger partial charge in [-0.25, -0.2) is 12.7 Å². The minimum Gasteiger partial charge on any atom is -0.310 e. The highest BCUT2D eigenvalue weighted by atomic mass is 79.9. The van der Waals surface area contributed by atoms with Crippen molar-refractivity contribution in [3.63, 3.8) is 0 Å². The molecule has 0 aromatic heterocycles. The summed E-state index contributed by atoms with van der Waals surface area (Å²) in [6.07, 6.45) is 0.796. The van der Waals surface area contributed by atoms with Crippen LogP contribution in [0.2, 0.25) is 0 Å². The van der Waals surface area contributed by atoms with E-state index in [2.05, 4.69) is 35.1 Å². The number of hydrogen-bond acceptors (Lipinski definition) is 3. The first-order valence-electron chi connectivity index (χ1n) is 7.18. The fourth-order valence-corrected chi connectivity index (χ4v) is 4.20. The van der Waals surface area contributed by atoms with Crippen LogP contribution in [0.15, 0.2) is 21.5 Å². The van der Waals surface area contributed by atoms with E-state index in [0.717, 1.165) is 22.0 Å². The molecule has 0 fully saturated rings. The number of rotatable bonds is 7. The molecular formula is C15H25BrN2O2S. The number of halogens is 1. The zero-order valence-electron chi connectivity index (χ0n) is 13.4. The van der Waals surface area contributed by atoms with E-state index in [9.17, 15) is 8.42 Å². The lowest BCUT2D eigenvalue weighted by atomic mass is 10.1. The summed E-state index contributed by atoms with van der Waals surface area (Å²) < 4.78 is 27.6. The Balaban J connectivity index is 3.22. The average Bonchev–Trinajstić information content (AvgIpc) is 2.39. The summed E-state index contributed by atoms with van der Waals surface area (Å²) in [5, 5.41) is 3.31. The van der Waals surface area contributed by atoms with Crippen LogP contribution < -0.4 is 5.32 Å². The second kappa shape index (κ2) is 7.72. The smallest absolute Gasteiger partial charge is 0.243 e. The molecule has 1 rings (SSSR count). The Morgan fingerprint density at radius 1 is 1.33 bits per heavy atom. The maximum atomic E-state index is 12.7. The van der Waals surface area contributed by atoms with Crippen molar-refractivity contribution in [2.45, 2.75) is 51.6 Å². The molecule has 1 aromatic carbocycles. The summed E-state index contributed by atoms with van der Waals surface area (Å²) >= 11 is 3.47. The van der Waals surface area contributed by atoms with Crippen molar-refractivity contribution < 1.29 is 8.42 Å². The predicted molar refractivity (Wildman–Crippen MR) is 91.0 cm³/mol. The third-order valence-electron chi connectivity index (χ3n) is 3.30. The van der Waals surface area contributed by atoms with Gasteiger partial charge in [0.2, 0.25) is 10.0 Å². The quantitative estimate of drug-likeness (QED) is 0.793. The van der Waals surface area contributed by atoms with Crippen LogP contribution >= 0.6 is 15.9 Å². The molecule has 0 aliphatic rings. The molecule has 6 heteroatoms. The summed E-state index contributed by atoms with van der Waals surface area (Å²) in [7, 11) is -1.81. The van der Waals surface area contributed by atoms with Crippen molar-refractivity contribution in [1.29, 1.82) is 0 Å². The minimum absolute atomic E-state index is 0.355. The Labute approximate surface area is 137 Å². The van der Waals surface area contributed by atoms with Crippen molar-refractivity contribution in [2.75, 3.05) is 13.6 Å². The number of nitrogens with one attached hydrogen (secondary N) is 1. The van der Waals surface area contributed by atoms with Crippen molar-refractivity contribution >= 4 is 26.0 Å². The van der Waals surface area contributed by atoms with Crippen molar-refractivity contribution in [3.05, 3.63) is 27.7 Å². The molecule has 0 spiro atoms. The molecule has 120 valence electrons. The van der Waals surface area contributed by atoms with Crippen LogP contribution in [0, 0.1) is 6.92 Å². The van der Waals surface area contributed by atoms with Gasteiger partial charge in [0, 0.05) is 30.7 Å². The number of sulfonamides is 1. The molecule has 21 heavy (non-hydrogen) atoms. The second-order valence-electron chi connectivity index (χ2n) is 5.56. The van der Waals surface area contributed by atoms with E-state index in [1.165, 1.54) is 4.31 Å². The lowest BCUT2D eigenvalue weighted by Crippen LogP contribution is -2.28. The highest BCUT2D eigenvalue weighted by molar-refractivity contribution is 9.10. The van der Waals surface area contributed by atoms with E-state index in [1.807, 2.05) is 19.9 Å². The van der Waals surface area contributed by atoms with Gasteiger partial charge < -0.3 is 5.32 Å². The monoisotopic (exact) mass is 376 g/mol. The largest absolute Gasteiger partial charge is 0.310 e. The molecular weight excluding hydrogens is 352 g/mol. The lowest BCUT2D eigenvalue weighted by Gasteiger charge is -2.19. The van der Waals surface area contributed by atoms with E-state index in [1.54, 1.807) is 13.1 Å². The van der Waals surface area contributed by atoms with E-state index in [-0.39, 0.29) is 0 Å². The molecule has 0 radical (unpaired) electrons. The van der Waals surface area contributed by atoms with Gasteiger partial charge in [-0.3, -0.25) is 0 Å². The van der Waals surface area contributed by atoms with Crippen LogP contribution in [0.4, 0.5) is 0 Å². The summed E-state index contributed by atoms with van der Waals surface area (Å²) in [5.41, 5.74) is 1.72. The van der Waals surface area contributed by atoms with Crippen LogP contribution in [-0.2, 0) is 16.6 Å². The summed E-state index contributed by atoms with van der Waals surface area (Å²) in [5.74, 6) is 0. The second-order valence-corrected chi connectivity index (χ2v) is 8.43. The van der Waals surface area contributed by atoms with Gasteiger partial charge in [0.25, 0.3) is 0 Å². The van der Waals surface area contributed by atoms with Gasteiger partial charge in [0.05, 0.1) is 4.90 Å². The van der Waals surface area contributed by atoms with Crippen LogP contribution in [0.5, 0.6) is 0 Å². The third-order valence-corrected chi connectivity index (χ3v) is 6.10. The number of nitrogens with zero attached hydrogens (tertiary/aromatic N) is 1. The van der Waals surface area contributed by atoms with Crippen LogP contribution in [0.3, 0.4) is 0 Å². The van der Waals surface area contributed by atoms with Crippen LogP contribution in [0.1, 0.15) is 38.3 Å². The third kappa shape index (κ3) is 4.77. The van der Waals surface area contributed by atoms with Crippen LogP contribution in [-0.4, -0.2) is 32.4 Å². The van der Waals surface area contributed by atoms with Gasteiger partial charge in [0.1, 0.15) is 0 Å². The summed E-state index contributed by atoms with van der Waals surface area (Å²) in [4.78, 5) is 0.383. The van der Waals surface area contributed by atoms with Gasteiger partial charge >= 0.3 is 0 Å². The molecule has 0 atom stereocenters. The number of hydrogen-bond donors (Lipinski definition) is 1. The van der Waals surface area contributed by atoms with E-state index < -0.39 is 10.0 Å². The van der Waals surface area contributed by atoms with Gasteiger partial charge in [-0.05, 0) is 36.6 Å². The Bertz CT molecular complexity index is 586. The van der Waals surface area contributed by atoms with Crippen molar-refractivity contribution in [1.82, 2.24) is 9.62 Å². The molecule has 0 amide bonds. The van der Waals surface area contributed by atoms with E-state index >= 15 is 0 Å². The molecule has 0 bridgehead atoms. The standard InChI is InChI=1S/C15H25BrN2O2S/c1-6-7-18(5)21(19,20)15-9-13(10-17-11(2)3)8-14(16)12(15)4/h8-9,11,17H,6-7,10H2,1-5H3. The normalized spacial score (nSPS) is 12.4. The molecule has 0 aliphatic carbocycles. The topological polar surface area (TPSA) is 49.4 Å². The lowest BCUT2D eigenvalue weighted by molar-refractivity contribution is 0.468. The Morgan fingerprint density at radius 3 is 2.48 bits per heavy atom. The minimum atomic E-state index is -3.44. The molecule has 0 heterocycles. The summed E-state index contributed by atoms with van der Waals surface area (Å²) in [6.45, 7) is 9.10. The van der Waals surface area contributed by atoms with Gasteiger partial charge in [-0.15, -0.1) is 0 Å². The number of benzene rings is 1. The van der Waals surface area contributed by atoms with Crippen molar-refractivity contribution in [2.24, 2.45) is 0 Å². The maximum Gasteiger partial charge on any atom is 0.243 e. The maximum absolute atomic E-state index is 12.7. The van der Waals surface area contributed by atoms with Gasteiger partial charge in [-0.2, -0.15) is 0 Å². The molecule has 1 N–H and O–H groups in total. The fourth-order valence-electron chi connectivity index (χ4n) is 2.00. The molecule has 0 saturated heterocycles. The van der Waals surface area contributed by atoms with E-state index in [0.29, 0.717) is 24.0 Å². The molecule has 0 aliphatic heterocycles. The van der Waals surface area contributed by atoms with Crippen molar-refractivity contribution in [3.8, 4) is 0 Å². The molecule has 4 nitrogen and oxygen atoms in total. The summed E-state index contributed by atoms with van der Waals surface area (Å²) in [6, 6.07) is 4.11. The first-order chi connectivity index (χ1) is 9.70. The average molecular weight is 377 g/mol. The molecule has 0 saturated carbocycles. The predicted octanol–water partition coefficient (Wildman–Crippen LogP) is 3.29. The first kappa shape index (κ1) is 18.6. The van der Waals surface area contributed by atoms with Crippen LogP contribution in [0.25, 0.3) is 0 Å². The van der Waals surface area contributed by atoms with Gasteiger partial charge in [0.15, 0.2) is 0 Å². The zero-order chi connectivity index (χ0) is 16.2. The fraction of sp³-hybridized carbons (Fsp3) is 0.600. The molecule has 0 unspecified atom stereocenters. The molecule has 1 aromatic rings. The Morgan fingerprint density at radius 2 is 1.95 bits per heavy atom. The zero-order valence-corrected chi connectivity index (χ0v) is 15.8.